The zero-order valence-electron chi connectivity index (χ0n) is 10.6. The average Bonchev–Trinajstić information content (AvgIpc) is 2.73. The molecular formula is C11H16N6O. The number of nitrogens with two attached hydrogens (primary N) is 1. The lowest BCUT2D eigenvalue weighted by Gasteiger charge is -2.07. The first-order valence-corrected chi connectivity index (χ1v) is 5.61. The second-order valence-corrected chi connectivity index (χ2v) is 3.74. The first kappa shape index (κ1) is 12.2. The molecule has 0 amide bonds. The zero-order valence-corrected chi connectivity index (χ0v) is 10.6. The van der Waals surface area contributed by atoms with E-state index in [4.69, 9.17) is 10.5 Å². The Labute approximate surface area is 105 Å². The highest BCUT2D eigenvalue weighted by Crippen LogP contribution is 2.21. The van der Waals surface area contributed by atoms with Gasteiger partial charge in [-0.25, -0.2) is 4.98 Å². The van der Waals surface area contributed by atoms with E-state index in [0.29, 0.717) is 17.5 Å². The molecule has 18 heavy (non-hydrogen) atoms. The third-order valence-corrected chi connectivity index (χ3v) is 2.62. The van der Waals surface area contributed by atoms with Gasteiger partial charge in [-0.2, -0.15) is 10.1 Å². The van der Waals surface area contributed by atoms with E-state index in [1.807, 2.05) is 18.5 Å². The maximum Gasteiger partial charge on any atom is 0.241 e. The molecule has 7 heteroatoms. The van der Waals surface area contributed by atoms with Gasteiger partial charge in [-0.3, -0.25) is 4.68 Å². The van der Waals surface area contributed by atoms with Gasteiger partial charge in [-0.05, 0) is 13.8 Å². The van der Waals surface area contributed by atoms with Gasteiger partial charge in [0.15, 0.2) is 0 Å². The van der Waals surface area contributed by atoms with Gasteiger partial charge in [-0.15, -0.1) is 0 Å². The molecular weight excluding hydrogens is 232 g/mol. The molecule has 0 saturated heterocycles. The van der Waals surface area contributed by atoms with E-state index in [0.717, 1.165) is 17.9 Å². The standard InChI is InChI=1S/C11H16N6O/c1-4-17-7(2)9(6-14-17)15-11-13-5-8(12)10(16-11)18-3/h5-6H,4,12H2,1-3H3,(H,13,15,16). The van der Waals surface area contributed by atoms with Crippen molar-refractivity contribution in [2.45, 2.75) is 20.4 Å². The largest absolute Gasteiger partial charge is 0.479 e. The van der Waals surface area contributed by atoms with Crippen molar-refractivity contribution in [3.05, 3.63) is 18.1 Å². The van der Waals surface area contributed by atoms with Crippen molar-refractivity contribution in [3.63, 3.8) is 0 Å². The number of aryl methyl sites for hydroxylation is 1. The quantitative estimate of drug-likeness (QED) is 0.848. The van der Waals surface area contributed by atoms with Crippen molar-refractivity contribution in [2.24, 2.45) is 0 Å². The van der Waals surface area contributed by atoms with Crippen LogP contribution in [0.25, 0.3) is 0 Å². The van der Waals surface area contributed by atoms with Gasteiger partial charge >= 0.3 is 0 Å². The summed E-state index contributed by atoms with van der Waals surface area (Å²) >= 11 is 0. The first-order chi connectivity index (χ1) is 8.65. The van der Waals surface area contributed by atoms with Crippen LogP contribution < -0.4 is 15.8 Å². The second-order valence-electron chi connectivity index (χ2n) is 3.74. The molecule has 0 radical (unpaired) electrons. The van der Waals surface area contributed by atoms with Crippen LogP contribution in [0.5, 0.6) is 5.88 Å². The molecule has 0 saturated carbocycles. The fourth-order valence-electron chi connectivity index (χ4n) is 1.61. The van der Waals surface area contributed by atoms with Crippen LogP contribution in [0.2, 0.25) is 0 Å². The van der Waals surface area contributed by atoms with Gasteiger partial charge in [0, 0.05) is 6.54 Å². The van der Waals surface area contributed by atoms with Crippen molar-refractivity contribution in [1.82, 2.24) is 19.7 Å². The smallest absolute Gasteiger partial charge is 0.241 e. The second kappa shape index (κ2) is 4.91. The van der Waals surface area contributed by atoms with Gasteiger partial charge in [0.25, 0.3) is 0 Å². The fourth-order valence-corrected chi connectivity index (χ4v) is 1.61. The summed E-state index contributed by atoms with van der Waals surface area (Å²) in [5.74, 6) is 0.785. The summed E-state index contributed by atoms with van der Waals surface area (Å²) in [6.07, 6.45) is 3.25. The monoisotopic (exact) mass is 248 g/mol. The molecule has 0 aliphatic rings. The predicted octanol–water partition coefficient (Wildman–Crippen LogP) is 1.34. The number of nitrogens with zero attached hydrogens (tertiary/aromatic N) is 4. The number of hydrogen-bond donors (Lipinski definition) is 2. The number of methoxy groups -OCH3 is 1. The SMILES string of the molecule is CCn1ncc(Nc2ncc(N)c(OC)n2)c1C. The molecule has 2 aromatic heterocycles. The van der Waals surface area contributed by atoms with Crippen LogP contribution >= 0.6 is 0 Å². The van der Waals surface area contributed by atoms with Crippen LogP contribution in [0, 0.1) is 6.92 Å². The molecule has 0 aliphatic heterocycles. The minimum absolute atomic E-state index is 0.355. The molecule has 0 aliphatic carbocycles. The summed E-state index contributed by atoms with van der Waals surface area (Å²) in [7, 11) is 1.52. The van der Waals surface area contributed by atoms with E-state index in [9.17, 15) is 0 Å². The maximum atomic E-state index is 5.65. The highest BCUT2D eigenvalue weighted by atomic mass is 16.5. The van der Waals surface area contributed by atoms with Crippen LogP contribution in [0.1, 0.15) is 12.6 Å². The molecule has 0 atom stereocenters. The van der Waals surface area contributed by atoms with Crippen molar-refractivity contribution in [3.8, 4) is 5.88 Å². The Bertz CT molecular complexity index is 550. The van der Waals surface area contributed by atoms with E-state index < -0.39 is 0 Å². The summed E-state index contributed by atoms with van der Waals surface area (Å²) < 4.78 is 6.93. The topological polar surface area (TPSA) is 90.9 Å². The summed E-state index contributed by atoms with van der Waals surface area (Å²) in [6.45, 7) is 4.83. The Morgan fingerprint density at radius 1 is 1.44 bits per heavy atom. The van der Waals surface area contributed by atoms with Gasteiger partial charge in [0.2, 0.25) is 11.8 Å². The lowest BCUT2D eigenvalue weighted by molar-refractivity contribution is 0.400. The van der Waals surface area contributed by atoms with Crippen molar-refractivity contribution >= 4 is 17.3 Å². The molecule has 2 heterocycles. The molecule has 3 N–H and O–H groups in total. The Morgan fingerprint density at radius 3 is 2.83 bits per heavy atom. The summed E-state index contributed by atoms with van der Waals surface area (Å²) in [4.78, 5) is 8.25. The van der Waals surface area contributed by atoms with Gasteiger partial charge in [-0.1, -0.05) is 0 Å². The number of aromatic nitrogens is 4. The molecule has 0 bridgehead atoms. The number of anilines is 3. The van der Waals surface area contributed by atoms with Crippen LogP contribution in [0.15, 0.2) is 12.4 Å². The Balaban J connectivity index is 2.25. The number of nitrogens with one attached hydrogen (secondary N) is 1. The molecule has 0 fully saturated rings. The predicted molar refractivity (Wildman–Crippen MR) is 68.9 cm³/mol. The third-order valence-electron chi connectivity index (χ3n) is 2.62. The molecule has 2 rings (SSSR count). The molecule has 0 unspecified atom stereocenters. The van der Waals surface area contributed by atoms with Crippen molar-refractivity contribution in [2.75, 3.05) is 18.2 Å². The Hall–Kier alpha value is -2.31. The minimum atomic E-state index is 0.355. The van der Waals surface area contributed by atoms with E-state index in [2.05, 4.69) is 20.4 Å². The van der Waals surface area contributed by atoms with Crippen LogP contribution in [-0.2, 0) is 6.54 Å². The van der Waals surface area contributed by atoms with E-state index >= 15 is 0 Å². The highest BCUT2D eigenvalue weighted by molar-refractivity contribution is 5.57. The van der Waals surface area contributed by atoms with Gasteiger partial charge in [0.05, 0.1) is 30.9 Å². The van der Waals surface area contributed by atoms with Crippen molar-refractivity contribution < 1.29 is 4.74 Å². The van der Waals surface area contributed by atoms with Gasteiger partial charge in [0.1, 0.15) is 5.69 Å². The number of rotatable bonds is 4. The summed E-state index contributed by atoms with van der Waals surface area (Å²) in [5, 5.41) is 7.32. The maximum absolute atomic E-state index is 5.65. The molecule has 0 spiro atoms. The molecule has 7 nitrogen and oxygen atoms in total. The lowest BCUT2D eigenvalue weighted by atomic mass is 10.4. The minimum Gasteiger partial charge on any atom is -0.479 e. The lowest BCUT2D eigenvalue weighted by Crippen LogP contribution is -2.03. The van der Waals surface area contributed by atoms with Gasteiger partial charge < -0.3 is 15.8 Å². The average molecular weight is 248 g/mol. The van der Waals surface area contributed by atoms with Crippen LogP contribution in [0.3, 0.4) is 0 Å². The van der Waals surface area contributed by atoms with E-state index in [1.54, 1.807) is 6.20 Å². The zero-order chi connectivity index (χ0) is 13.1. The first-order valence-electron chi connectivity index (χ1n) is 5.61. The number of ether oxygens (including phenoxy) is 1. The van der Waals surface area contributed by atoms with E-state index in [-0.39, 0.29) is 0 Å². The summed E-state index contributed by atoms with van der Waals surface area (Å²) in [6, 6.07) is 0. The molecule has 0 aromatic carbocycles. The van der Waals surface area contributed by atoms with E-state index in [1.165, 1.54) is 13.3 Å². The van der Waals surface area contributed by atoms with Crippen LogP contribution in [-0.4, -0.2) is 26.9 Å². The van der Waals surface area contributed by atoms with Crippen molar-refractivity contribution in [1.29, 1.82) is 0 Å². The highest BCUT2D eigenvalue weighted by Gasteiger charge is 2.09. The number of hydrogen-bond acceptors (Lipinski definition) is 6. The third kappa shape index (κ3) is 2.20. The summed E-state index contributed by atoms with van der Waals surface area (Å²) in [5.41, 5.74) is 7.95. The fraction of sp³-hybridized carbons (Fsp3) is 0.364. The van der Waals surface area contributed by atoms with Crippen LogP contribution in [0.4, 0.5) is 17.3 Å². The number of nitrogen functional groups attached to an aromatic ring is 1. The normalized spacial score (nSPS) is 10.4. The Kier molecular flexibility index (Phi) is 3.31. The molecule has 2 aromatic rings. The molecule has 96 valence electrons. The Morgan fingerprint density at radius 2 is 2.22 bits per heavy atom.